The monoisotopic (exact) mass is 340 g/mol. The summed E-state index contributed by atoms with van der Waals surface area (Å²) in [6.45, 7) is 2.04. The van der Waals surface area contributed by atoms with Gasteiger partial charge < -0.3 is 14.3 Å². The Balaban J connectivity index is 2.37. The Morgan fingerprint density at radius 2 is 2.10 bits per heavy atom. The van der Waals surface area contributed by atoms with Gasteiger partial charge in [-0.3, -0.25) is 0 Å². The van der Waals surface area contributed by atoms with Gasteiger partial charge in [0, 0.05) is 16.5 Å². The molecule has 0 radical (unpaired) electrons. The second-order valence-electron chi connectivity index (χ2n) is 5.32. The van der Waals surface area contributed by atoms with Crippen LogP contribution in [0.5, 0.6) is 11.5 Å². The van der Waals surface area contributed by atoms with Crippen LogP contribution in [0, 0.1) is 0 Å². The minimum atomic E-state index is 0.105. The number of benzene rings is 1. The van der Waals surface area contributed by atoms with Crippen molar-refractivity contribution in [3.05, 3.63) is 22.2 Å². The van der Waals surface area contributed by atoms with Gasteiger partial charge >= 0.3 is 0 Å². The molecular formula is C16H21BrO3. The summed E-state index contributed by atoms with van der Waals surface area (Å²) < 4.78 is 12.6. The minimum Gasteiger partial charge on any atom is -0.493 e. The van der Waals surface area contributed by atoms with Gasteiger partial charge in [-0.15, -0.1) is 0 Å². The lowest BCUT2D eigenvalue weighted by Gasteiger charge is -2.22. The van der Waals surface area contributed by atoms with Crippen LogP contribution < -0.4 is 9.47 Å². The van der Waals surface area contributed by atoms with Crippen LogP contribution in [-0.2, 0) is 4.79 Å². The van der Waals surface area contributed by atoms with Crippen molar-refractivity contribution in [3.8, 4) is 11.5 Å². The molecule has 0 aromatic heterocycles. The predicted molar refractivity (Wildman–Crippen MR) is 82.7 cm³/mol. The van der Waals surface area contributed by atoms with E-state index in [-0.39, 0.29) is 12.0 Å². The summed E-state index contributed by atoms with van der Waals surface area (Å²) >= 11 is 3.58. The largest absolute Gasteiger partial charge is 0.493 e. The molecule has 0 spiro atoms. The highest BCUT2D eigenvalue weighted by molar-refractivity contribution is 9.10. The number of hydrogen-bond donors (Lipinski definition) is 0. The van der Waals surface area contributed by atoms with Crippen LogP contribution in [0.2, 0.25) is 0 Å². The molecule has 0 saturated heterocycles. The van der Waals surface area contributed by atoms with Gasteiger partial charge in [-0.2, -0.15) is 0 Å². The average molecular weight is 341 g/mol. The molecule has 1 fully saturated rings. The molecule has 0 heterocycles. The lowest BCUT2D eigenvalue weighted by Crippen LogP contribution is -2.14. The van der Waals surface area contributed by atoms with E-state index in [1.807, 2.05) is 19.1 Å². The Kier molecular flexibility index (Phi) is 5.46. The lowest BCUT2D eigenvalue weighted by molar-refractivity contribution is -0.108. The molecule has 3 nitrogen and oxygen atoms in total. The van der Waals surface area contributed by atoms with Gasteiger partial charge in [-0.25, -0.2) is 0 Å². The van der Waals surface area contributed by atoms with E-state index in [1.165, 1.54) is 12.8 Å². The van der Waals surface area contributed by atoms with Crippen LogP contribution >= 0.6 is 15.9 Å². The molecule has 1 aromatic carbocycles. The summed E-state index contributed by atoms with van der Waals surface area (Å²) in [6.07, 6.45) is 6.33. The summed E-state index contributed by atoms with van der Waals surface area (Å²) in [5, 5.41) is 0. The highest BCUT2D eigenvalue weighted by Crippen LogP contribution is 2.43. The maximum atomic E-state index is 10.8. The zero-order chi connectivity index (χ0) is 14.5. The van der Waals surface area contributed by atoms with Crippen molar-refractivity contribution in [1.82, 2.24) is 0 Å². The molecule has 2 rings (SSSR count). The molecule has 1 atom stereocenters. The molecular weight excluding hydrogens is 320 g/mol. The first-order valence-corrected chi connectivity index (χ1v) is 7.93. The maximum absolute atomic E-state index is 10.8. The number of methoxy groups -OCH3 is 1. The first-order valence-electron chi connectivity index (χ1n) is 7.14. The fourth-order valence-corrected chi connectivity index (χ4v) is 3.44. The van der Waals surface area contributed by atoms with Gasteiger partial charge in [0.15, 0.2) is 11.5 Å². The number of hydrogen-bond acceptors (Lipinski definition) is 3. The quantitative estimate of drug-likeness (QED) is 0.716. The second-order valence-corrected chi connectivity index (χ2v) is 6.17. The molecule has 110 valence electrons. The lowest BCUT2D eigenvalue weighted by atomic mass is 9.97. The van der Waals surface area contributed by atoms with E-state index in [4.69, 9.17) is 9.47 Å². The standard InChI is InChI=1S/C16H21BrO3/c1-11(9-10-18)15-13(17)7-8-14(19-2)16(15)20-12-5-3-4-6-12/h7-8,10-12H,3-6,9H2,1-2H3. The fraction of sp³-hybridized carbons (Fsp3) is 0.562. The van der Waals surface area contributed by atoms with Crippen molar-refractivity contribution in [3.63, 3.8) is 0 Å². The maximum Gasteiger partial charge on any atom is 0.166 e. The Labute approximate surface area is 128 Å². The van der Waals surface area contributed by atoms with Crippen molar-refractivity contribution in [1.29, 1.82) is 0 Å². The summed E-state index contributed by atoms with van der Waals surface area (Å²) in [5.74, 6) is 1.64. The van der Waals surface area contributed by atoms with E-state index < -0.39 is 0 Å². The molecule has 20 heavy (non-hydrogen) atoms. The van der Waals surface area contributed by atoms with Crippen LogP contribution in [0.25, 0.3) is 0 Å². The number of aldehydes is 1. The third kappa shape index (κ3) is 3.35. The Morgan fingerprint density at radius 3 is 2.70 bits per heavy atom. The number of ether oxygens (including phenoxy) is 2. The number of rotatable bonds is 6. The van der Waals surface area contributed by atoms with E-state index in [0.29, 0.717) is 6.42 Å². The molecule has 1 unspecified atom stereocenters. The normalized spacial score (nSPS) is 16.9. The van der Waals surface area contributed by atoms with Gasteiger partial charge in [-0.1, -0.05) is 22.9 Å². The van der Waals surface area contributed by atoms with Crippen LogP contribution in [0.1, 0.15) is 50.5 Å². The minimum absolute atomic E-state index is 0.105. The van der Waals surface area contributed by atoms with Gasteiger partial charge in [0.1, 0.15) is 6.29 Å². The zero-order valence-corrected chi connectivity index (χ0v) is 13.6. The van der Waals surface area contributed by atoms with Crippen LogP contribution in [0.3, 0.4) is 0 Å². The smallest absolute Gasteiger partial charge is 0.166 e. The molecule has 0 aliphatic heterocycles. The van der Waals surface area contributed by atoms with Crippen LogP contribution in [-0.4, -0.2) is 19.5 Å². The summed E-state index contributed by atoms with van der Waals surface area (Å²) in [6, 6.07) is 3.86. The predicted octanol–water partition coefficient (Wildman–Crippen LogP) is 4.47. The van der Waals surface area contributed by atoms with E-state index in [0.717, 1.165) is 40.7 Å². The van der Waals surface area contributed by atoms with E-state index in [2.05, 4.69) is 15.9 Å². The first kappa shape index (κ1) is 15.4. The third-order valence-corrected chi connectivity index (χ3v) is 4.55. The summed E-state index contributed by atoms with van der Waals surface area (Å²) in [4.78, 5) is 10.8. The third-order valence-electron chi connectivity index (χ3n) is 3.86. The van der Waals surface area contributed by atoms with E-state index in [9.17, 15) is 4.79 Å². The molecule has 4 heteroatoms. The Hall–Kier alpha value is -1.03. The highest BCUT2D eigenvalue weighted by Gasteiger charge is 2.24. The first-order chi connectivity index (χ1) is 9.67. The summed E-state index contributed by atoms with van der Waals surface area (Å²) in [5.41, 5.74) is 1.03. The van der Waals surface area contributed by atoms with Gasteiger partial charge in [0.2, 0.25) is 0 Å². The van der Waals surface area contributed by atoms with Crippen molar-refractivity contribution in [2.75, 3.05) is 7.11 Å². The summed E-state index contributed by atoms with van der Waals surface area (Å²) in [7, 11) is 1.65. The second kappa shape index (κ2) is 7.11. The molecule has 0 bridgehead atoms. The number of carbonyl (C=O) groups excluding carboxylic acids is 1. The molecule has 1 aromatic rings. The van der Waals surface area contributed by atoms with Gasteiger partial charge in [0.25, 0.3) is 0 Å². The Bertz CT molecular complexity index is 467. The zero-order valence-electron chi connectivity index (χ0n) is 12.0. The SMILES string of the molecule is COc1ccc(Br)c(C(C)CC=O)c1OC1CCCC1. The number of carbonyl (C=O) groups is 1. The van der Waals surface area contributed by atoms with Gasteiger partial charge in [0.05, 0.1) is 13.2 Å². The molecule has 1 aliphatic rings. The van der Waals surface area contributed by atoms with Crippen LogP contribution in [0.15, 0.2) is 16.6 Å². The Morgan fingerprint density at radius 1 is 1.40 bits per heavy atom. The highest BCUT2D eigenvalue weighted by atomic mass is 79.9. The van der Waals surface area contributed by atoms with Crippen LogP contribution in [0.4, 0.5) is 0 Å². The van der Waals surface area contributed by atoms with Crippen molar-refractivity contribution < 1.29 is 14.3 Å². The topological polar surface area (TPSA) is 35.5 Å². The average Bonchev–Trinajstić information content (AvgIpc) is 2.92. The van der Waals surface area contributed by atoms with E-state index in [1.54, 1.807) is 7.11 Å². The molecule has 1 saturated carbocycles. The van der Waals surface area contributed by atoms with Crippen molar-refractivity contribution in [2.24, 2.45) is 0 Å². The molecule has 0 amide bonds. The molecule has 1 aliphatic carbocycles. The van der Waals surface area contributed by atoms with Gasteiger partial charge in [-0.05, 0) is 43.7 Å². The van der Waals surface area contributed by atoms with Crippen molar-refractivity contribution in [2.45, 2.75) is 51.0 Å². The van der Waals surface area contributed by atoms with E-state index >= 15 is 0 Å². The van der Waals surface area contributed by atoms with Crippen molar-refractivity contribution >= 4 is 22.2 Å². The number of halogens is 1. The molecule has 0 N–H and O–H groups in total. The fourth-order valence-electron chi connectivity index (χ4n) is 2.73.